The number of amides is 2. The minimum absolute atomic E-state index is 0.268. The molecule has 1 heterocycles. The first-order valence-electron chi connectivity index (χ1n) is 14.5. The number of carbonyl (C=O) groups is 2. The van der Waals surface area contributed by atoms with Gasteiger partial charge in [-0.1, -0.05) is 86.4 Å². The Morgan fingerprint density at radius 3 is 2.24 bits per heavy atom. The molecule has 222 valence electrons. The molecule has 0 aromatic heterocycles. The van der Waals surface area contributed by atoms with Gasteiger partial charge in [-0.05, 0) is 49.3 Å². The Kier molecular flexibility index (Phi) is 11.4. The smallest absolute Gasteiger partial charge is 0.249 e. The molecule has 2 fully saturated rings. The number of hydrogen-bond donors (Lipinski definition) is 2. The number of allylic oxidation sites excluding steroid dienone is 1. The topological polar surface area (TPSA) is 114 Å². The van der Waals surface area contributed by atoms with Crippen LogP contribution in [0, 0.1) is 17.8 Å². The van der Waals surface area contributed by atoms with Crippen molar-refractivity contribution in [2.24, 2.45) is 17.8 Å². The van der Waals surface area contributed by atoms with Crippen LogP contribution in [-0.4, -0.2) is 39.4 Å². The lowest BCUT2D eigenvalue weighted by Crippen LogP contribution is -2.51. The molecule has 0 bridgehead atoms. The molecule has 1 unspecified atom stereocenters. The summed E-state index contributed by atoms with van der Waals surface area (Å²) in [7, 11) is -3.85. The summed E-state index contributed by atoms with van der Waals surface area (Å²) in [4.78, 5) is 33.2. The summed E-state index contributed by atoms with van der Waals surface area (Å²) < 4.78 is 31.9. The first kappa shape index (κ1) is 30.7. The number of anilines is 1. The second-order valence-corrected chi connectivity index (χ2v) is 12.7. The Morgan fingerprint density at radius 1 is 0.951 bits per heavy atom. The molecule has 2 aromatic carbocycles. The van der Waals surface area contributed by atoms with Gasteiger partial charge >= 0.3 is 0 Å². The van der Waals surface area contributed by atoms with E-state index in [2.05, 4.69) is 10.9 Å². The summed E-state index contributed by atoms with van der Waals surface area (Å²) >= 11 is 0. The molecule has 3 atom stereocenters. The van der Waals surface area contributed by atoms with Gasteiger partial charge in [-0.2, -0.15) is 4.41 Å². The molecule has 2 aliphatic rings. The van der Waals surface area contributed by atoms with E-state index in [1.165, 1.54) is 0 Å². The number of para-hydroxylation sites is 1. The highest BCUT2D eigenvalue weighted by Gasteiger charge is 2.37. The fourth-order valence-corrected chi connectivity index (χ4v) is 6.28. The Hall–Kier alpha value is -3.21. The fraction of sp³-hybridized carbons (Fsp3) is 0.484. The van der Waals surface area contributed by atoms with Gasteiger partial charge in [0.1, 0.15) is 0 Å². The second-order valence-electron chi connectivity index (χ2n) is 10.9. The number of sulfonamides is 1. The van der Waals surface area contributed by atoms with E-state index in [4.69, 9.17) is 9.57 Å². The summed E-state index contributed by atoms with van der Waals surface area (Å²) in [5, 5.41) is 0. The molecular formula is C31H41N3O6S. The normalized spacial score (nSPS) is 19.5. The van der Waals surface area contributed by atoms with Crippen molar-refractivity contribution in [3.63, 3.8) is 0 Å². The number of hydrazine groups is 1. The number of ether oxygens (including phenoxy) is 1. The van der Waals surface area contributed by atoms with Gasteiger partial charge in [0.25, 0.3) is 0 Å². The first-order chi connectivity index (χ1) is 19.8. The number of hydroxylamine groups is 1. The maximum Gasteiger partial charge on any atom is 0.249 e. The lowest BCUT2D eigenvalue weighted by molar-refractivity contribution is -0.203. The summed E-state index contributed by atoms with van der Waals surface area (Å²) in [5.41, 5.74) is 6.49. The third kappa shape index (κ3) is 9.41. The van der Waals surface area contributed by atoms with Gasteiger partial charge in [-0.3, -0.25) is 15.0 Å². The molecule has 2 aromatic rings. The van der Waals surface area contributed by atoms with E-state index in [1.807, 2.05) is 42.5 Å². The number of carbonyl (C=O) groups excluding carboxylic acids is 2. The van der Waals surface area contributed by atoms with Gasteiger partial charge in [0.15, 0.2) is 6.29 Å². The van der Waals surface area contributed by atoms with Gasteiger partial charge in [0, 0.05) is 13.0 Å². The van der Waals surface area contributed by atoms with Crippen molar-refractivity contribution in [3.8, 4) is 0 Å². The van der Waals surface area contributed by atoms with Crippen molar-refractivity contribution in [2.75, 3.05) is 17.3 Å². The molecule has 2 amide bonds. The Morgan fingerprint density at radius 2 is 1.61 bits per heavy atom. The zero-order valence-electron chi connectivity index (χ0n) is 23.6. The van der Waals surface area contributed by atoms with Crippen LogP contribution in [0.25, 0.3) is 6.08 Å². The molecule has 2 N–H and O–H groups in total. The first-order valence-corrected chi connectivity index (χ1v) is 16.3. The van der Waals surface area contributed by atoms with Crippen LogP contribution in [0.1, 0.15) is 63.4 Å². The zero-order chi connectivity index (χ0) is 29.1. The highest BCUT2D eigenvalue weighted by Crippen LogP contribution is 2.35. The minimum Gasteiger partial charge on any atom is -0.350 e. The molecular weight excluding hydrogens is 542 g/mol. The fourth-order valence-electron chi connectivity index (χ4n) is 5.52. The van der Waals surface area contributed by atoms with E-state index in [-0.39, 0.29) is 12.3 Å². The average molecular weight is 584 g/mol. The van der Waals surface area contributed by atoms with E-state index in [9.17, 15) is 18.0 Å². The summed E-state index contributed by atoms with van der Waals surface area (Å²) in [5.74, 6) is -2.27. The van der Waals surface area contributed by atoms with Crippen LogP contribution in [0.4, 0.5) is 5.69 Å². The molecule has 10 heteroatoms. The van der Waals surface area contributed by atoms with Crippen LogP contribution in [0.5, 0.6) is 0 Å². The molecule has 1 aliphatic heterocycles. The largest absolute Gasteiger partial charge is 0.350 e. The molecule has 0 radical (unpaired) electrons. The van der Waals surface area contributed by atoms with Crippen molar-refractivity contribution in [1.29, 1.82) is 0 Å². The van der Waals surface area contributed by atoms with Crippen molar-refractivity contribution in [3.05, 3.63) is 72.3 Å². The highest BCUT2D eigenvalue weighted by molar-refractivity contribution is 7.92. The number of rotatable bonds is 13. The third-order valence-corrected chi connectivity index (χ3v) is 8.65. The molecule has 0 spiro atoms. The van der Waals surface area contributed by atoms with Gasteiger partial charge in [0.05, 0.1) is 23.8 Å². The Labute approximate surface area is 243 Å². The quantitative estimate of drug-likeness (QED) is 0.322. The molecule has 4 rings (SSSR count). The van der Waals surface area contributed by atoms with Gasteiger partial charge in [0.2, 0.25) is 21.8 Å². The minimum atomic E-state index is -3.85. The van der Waals surface area contributed by atoms with Crippen LogP contribution in [-0.2, 0) is 29.2 Å². The molecule has 41 heavy (non-hydrogen) atoms. The third-order valence-electron chi connectivity index (χ3n) is 7.68. The van der Waals surface area contributed by atoms with Gasteiger partial charge in [-0.15, -0.1) is 0 Å². The SMILES string of the molecule is CS(=O)(=O)N(NC(=O)[C@H](CC1CCCC1)[C@H](CC=Cc1ccccc1)C(=O)NOC1CCCCO1)c1ccccc1. The maximum atomic E-state index is 14.0. The predicted molar refractivity (Wildman–Crippen MR) is 158 cm³/mol. The average Bonchev–Trinajstić information content (AvgIpc) is 3.50. The molecule has 1 aliphatic carbocycles. The number of nitrogens with one attached hydrogen (secondary N) is 2. The van der Waals surface area contributed by atoms with E-state index < -0.39 is 40.0 Å². The predicted octanol–water partition coefficient (Wildman–Crippen LogP) is 4.97. The lowest BCUT2D eigenvalue weighted by Gasteiger charge is -2.31. The number of hydrogen-bond acceptors (Lipinski definition) is 6. The van der Waals surface area contributed by atoms with Crippen molar-refractivity contribution < 1.29 is 27.6 Å². The second kappa shape index (κ2) is 15.1. The molecule has 1 saturated heterocycles. The van der Waals surface area contributed by atoms with Crippen molar-refractivity contribution in [1.82, 2.24) is 10.9 Å². The monoisotopic (exact) mass is 583 g/mol. The number of nitrogens with zero attached hydrogens (tertiary/aromatic N) is 1. The summed E-state index contributed by atoms with van der Waals surface area (Å²) in [6.07, 6.45) is 11.7. The lowest BCUT2D eigenvalue weighted by atomic mass is 9.80. The van der Waals surface area contributed by atoms with Gasteiger partial charge in [-0.25, -0.2) is 18.7 Å². The van der Waals surface area contributed by atoms with E-state index >= 15 is 0 Å². The number of benzene rings is 2. The van der Waals surface area contributed by atoms with Crippen LogP contribution in [0.2, 0.25) is 0 Å². The summed E-state index contributed by atoms with van der Waals surface area (Å²) in [6.45, 7) is 0.567. The Balaban J connectivity index is 1.60. The van der Waals surface area contributed by atoms with E-state index in [0.29, 0.717) is 25.1 Å². The Bertz CT molecular complexity index is 1240. The van der Waals surface area contributed by atoms with Crippen LogP contribution in [0.3, 0.4) is 0 Å². The maximum absolute atomic E-state index is 14.0. The van der Waals surface area contributed by atoms with E-state index in [1.54, 1.807) is 30.3 Å². The van der Waals surface area contributed by atoms with Gasteiger partial charge < -0.3 is 4.74 Å². The standard InChI is InChI=1S/C31H41N3O6S/c1-41(37,38)34(26-18-6-3-7-19-26)32-30(35)28(23-25-15-8-9-16-25)27(20-12-17-24-13-4-2-5-14-24)31(36)33-40-29-21-10-11-22-39-29/h2-7,12-14,17-19,25,27-29H,8-11,15-16,20-23H2,1H3,(H,32,35)(H,33,36)/t27-,28+,29?/m0/s1. The summed E-state index contributed by atoms with van der Waals surface area (Å²) in [6, 6.07) is 18.1. The van der Waals surface area contributed by atoms with Crippen molar-refractivity contribution >= 4 is 33.6 Å². The highest BCUT2D eigenvalue weighted by atomic mass is 32.2. The zero-order valence-corrected chi connectivity index (χ0v) is 24.4. The van der Waals surface area contributed by atoms with E-state index in [0.717, 1.165) is 54.8 Å². The van der Waals surface area contributed by atoms with Crippen LogP contribution < -0.4 is 15.3 Å². The molecule has 9 nitrogen and oxygen atoms in total. The van der Waals surface area contributed by atoms with Crippen molar-refractivity contribution in [2.45, 2.75) is 64.1 Å². The molecule has 1 saturated carbocycles. The van der Waals surface area contributed by atoms with Crippen LogP contribution >= 0.6 is 0 Å². The van der Waals surface area contributed by atoms with Crippen LogP contribution in [0.15, 0.2) is 66.7 Å².